The van der Waals surface area contributed by atoms with Gasteiger partial charge in [-0.25, -0.2) is 9.69 Å². The number of alkyl halides is 3. The van der Waals surface area contributed by atoms with Crippen LogP contribution < -0.4 is 0 Å². The Morgan fingerprint density at radius 1 is 1.29 bits per heavy atom. The Kier molecular flexibility index (Phi) is 4.71. The predicted molar refractivity (Wildman–Crippen MR) is 81.4 cm³/mol. The van der Waals surface area contributed by atoms with Gasteiger partial charge in [-0.3, -0.25) is 4.79 Å². The second-order valence-electron chi connectivity index (χ2n) is 4.93. The molecule has 0 saturated carbocycles. The van der Waals surface area contributed by atoms with Crippen molar-refractivity contribution in [3.8, 4) is 0 Å². The molecule has 2 amide bonds. The molecule has 1 aromatic carbocycles. The lowest BCUT2D eigenvalue weighted by Crippen LogP contribution is -2.44. The van der Waals surface area contributed by atoms with Gasteiger partial charge in [-0.2, -0.15) is 0 Å². The number of carbonyl (C=O) groups excluding carboxylic acids is 2. The molecular weight excluding hydrogens is 337 g/mol. The number of cyclic esters (lactones) is 1. The van der Waals surface area contributed by atoms with Crippen molar-refractivity contribution in [2.75, 3.05) is 0 Å². The average Bonchev–Trinajstić information content (AvgIpc) is 2.72. The van der Waals surface area contributed by atoms with Crippen LogP contribution >= 0.6 is 34.8 Å². The third-order valence-corrected chi connectivity index (χ3v) is 4.48. The zero-order valence-corrected chi connectivity index (χ0v) is 13.7. The number of carbonyl (C=O) groups is 2. The summed E-state index contributed by atoms with van der Waals surface area (Å²) in [5.41, 5.74) is 0.815. The lowest BCUT2D eigenvalue weighted by Gasteiger charge is -2.25. The van der Waals surface area contributed by atoms with Crippen LogP contribution in [0.15, 0.2) is 30.3 Å². The lowest BCUT2D eigenvalue weighted by atomic mass is 10.0. The van der Waals surface area contributed by atoms with Gasteiger partial charge in [0.25, 0.3) is 0 Å². The molecule has 0 radical (unpaired) electrons. The molecule has 3 atom stereocenters. The Bertz CT molecular complexity index is 544. The Balaban J connectivity index is 2.23. The van der Waals surface area contributed by atoms with Crippen LogP contribution in [0.5, 0.6) is 0 Å². The van der Waals surface area contributed by atoms with Crippen molar-refractivity contribution >= 4 is 46.8 Å². The van der Waals surface area contributed by atoms with Crippen LogP contribution in [-0.4, -0.2) is 26.7 Å². The maximum absolute atomic E-state index is 12.4. The second kappa shape index (κ2) is 6.03. The van der Waals surface area contributed by atoms with Crippen molar-refractivity contribution in [2.45, 2.75) is 29.8 Å². The SMILES string of the molecule is C[C@@H]1[C@H](c2ccccc2)OC(=O)N1C(=O)[C@@H](C)C(Cl)(Cl)Cl. The molecule has 1 aliphatic heterocycles. The van der Waals surface area contributed by atoms with Crippen LogP contribution in [0, 0.1) is 5.92 Å². The van der Waals surface area contributed by atoms with Gasteiger partial charge in [0.15, 0.2) is 0 Å². The minimum Gasteiger partial charge on any atom is -0.439 e. The highest BCUT2D eigenvalue weighted by Crippen LogP contribution is 2.39. The first kappa shape index (κ1) is 16.4. The first-order chi connectivity index (χ1) is 9.73. The number of benzene rings is 1. The highest BCUT2D eigenvalue weighted by Gasteiger charge is 2.47. The zero-order valence-electron chi connectivity index (χ0n) is 11.4. The van der Waals surface area contributed by atoms with Gasteiger partial charge in [-0.05, 0) is 19.4 Å². The molecule has 0 unspecified atom stereocenters. The van der Waals surface area contributed by atoms with Crippen molar-refractivity contribution in [1.82, 2.24) is 4.90 Å². The van der Waals surface area contributed by atoms with Crippen LogP contribution in [-0.2, 0) is 9.53 Å². The van der Waals surface area contributed by atoms with Crippen LogP contribution in [0.4, 0.5) is 4.79 Å². The van der Waals surface area contributed by atoms with E-state index < -0.39 is 33.9 Å². The maximum atomic E-state index is 12.4. The summed E-state index contributed by atoms with van der Waals surface area (Å²) in [5, 5.41) is 0. The number of rotatable bonds is 2. The summed E-state index contributed by atoms with van der Waals surface area (Å²) in [6.07, 6.45) is -1.24. The summed E-state index contributed by atoms with van der Waals surface area (Å²) < 4.78 is 3.52. The molecule has 1 saturated heterocycles. The van der Waals surface area contributed by atoms with Crippen molar-refractivity contribution in [3.05, 3.63) is 35.9 Å². The standard InChI is InChI=1S/C14H14Cl3NO3/c1-8(14(15,16)17)12(19)18-9(2)11(21-13(18)20)10-6-4-3-5-7-10/h3-9,11H,1-2H3/t8-,9-,11-/m1/s1. The van der Waals surface area contributed by atoms with E-state index >= 15 is 0 Å². The fourth-order valence-electron chi connectivity index (χ4n) is 2.19. The number of amides is 2. The van der Waals surface area contributed by atoms with E-state index in [0.717, 1.165) is 10.5 Å². The molecule has 114 valence electrons. The number of ether oxygens (including phenoxy) is 1. The molecule has 1 fully saturated rings. The summed E-state index contributed by atoms with van der Waals surface area (Å²) in [6, 6.07) is 8.73. The van der Waals surface area contributed by atoms with Crippen molar-refractivity contribution < 1.29 is 14.3 Å². The van der Waals surface area contributed by atoms with Gasteiger partial charge >= 0.3 is 6.09 Å². The molecule has 0 aliphatic carbocycles. The minimum absolute atomic E-state index is 0.470. The topological polar surface area (TPSA) is 46.6 Å². The summed E-state index contributed by atoms with van der Waals surface area (Å²) >= 11 is 17.2. The number of halogens is 3. The van der Waals surface area contributed by atoms with Crippen molar-refractivity contribution in [2.24, 2.45) is 5.92 Å². The molecule has 4 nitrogen and oxygen atoms in total. The van der Waals surface area contributed by atoms with Crippen LogP contribution in [0.25, 0.3) is 0 Å². The van der Waals surface area contributed by atoms with Crippen molar-refractivity contribution in [3.63, 3.8) is 0 Å². The van der Waals surface area contributed by atoms with Crippen LogP contribution in [0.2, 0.25) is 0 Å². The highest BCUT2D eigenvalue weighted by molar-refractivity contribution is 6.68. The third-order valence-electron chi connectivity index (χ3n) is 3.50. The summed E-state index contributed by atoms with van der Waals surface area (Å²) in [6.45, 7) is 3.19. The van der Waals surface area contributed by atoms with Gasteiger partial charge in [0.1, 0.15) is 6.10 Å². The molecule has 1 aliphatic rings. The molecular formula is C14H14Cl3NO3. The number of nitrogens with zero attached hydrogens (tertiary/aromatic N) is 1. The van der Waals surface area contributed by atoms with E-state index in [2.05, 4.69) is 0 Å². The first-order valence-electron chi connectivity index (χ1n) is 6.39. The molecule has 0 aromatic heterocycles. The quantitative estimate of drug-likeness (QED) is 0.754. The van der Waals surface area contributed by atoms with E-state index in [1.165, 1.54) is 6.92 Å². The fourth-order valence-corrected chi connectivity index (χ4v) is 2.47. The van der Waals surface area contributed by atoms with E-state index in [-0.39, 0.29) is 0 Å². The fraction of sp³-hybridized carbons (Fsp3) is 0.429. The lowest BCUT2D eigenvalue weighted by molar-refractivity contribution is -0.132. The van der Waals surface area contributed by atoms with E-state index in [1.54, 1.807) is 6.92 Å². The zero-order chi connectivity index (χ0) is 15.8. The smallest absolute Gasteiger partial charge is 0.417 e. The summed E-state index contributed by atoms with van der Waals surface area (Å²) in [4.78, 5) is 25.4. The second-order valence-corrected chi connectivity index (χ2v) is 7.30. The Morgan fingerprint density at radius 3 is 2.38 bits per heavy atom. The van der Waals surface area contributed by atoms with Gasteiger partial charge in [-0.15, -0.1) is 0 Å². The number of hydrogen-bond donors (Lipinski definition) is 0. The first-order valence-corrected chi connectivity index (χ1v) is 7.52. The van der Waals surface area contributed by atoms with Gasteiger partial charge in [0.2, 0.25) is 9.70 Å². The third kappa shape index (κ3) is 3.28. The van der Waals surface area contributed by atoms with Crippen LogP contribution in [0.3, 0.4) is 0 Å². The molecule has 0 N–H and O–H groups in total. The van der Waals surface area contributed by atoms with Crippen molar-refractivity contribution in [1.29, 1.82) is 0 Å². The normalized spacial score (nSPS) is 23.9. The molecule has 2 rings (SSSR count). The number of imide groups is 1. The van der Waals surface area contributed by atoms with E-state index in [4.69, 9.17) is 39.5 Å². The molecule has 0 spiro atoms. The molecule has 1 heterocycles. The number of hydrogen-bond acceptors (Lipinski definition) is 3. The molecule has 7 heteroatoms. The van der Waals surface area contributed by atoms with Gasteiger partial charge in [0, 0.05) is 0 Å². The summed E-state index contributed by atoms with van der Waals surface area (Å²) in [5.74, 6) is -1.52. The van der Waals surface area contributed by atoms with Gasteiger partial charge in [-0.1, -0.05) is 65.1 Å². The van der Waals surface area contributed by atoms with Crippen LogP contribution in [0.1, 0.15) is 25.5 Å². The Morgan fingerprint density at radius 2 is 1.86 bits per heavy atom. The maximum Gasteiger partial charge on any atom is 0.417 e. The average molecular weight is 351 g/mol. The Labute approximate surface area is 137 Å². The predicted octanol–water partition coefficient (Wildman–Crippen LogP) is 4.10. The van der Waals surface area contributed by atoms with E-state index in [9.17, 15) is 9.59 Å². The molecule has 0 bridgehead atoms. The Hall–Kier alpha value is -0.970. The largest absolute Gasteiger partial charge is 0.439 e. The van der Waals surface area contributed by atoms with E-state index in [1.807, 2.05) is 30.3 Å². The van der Waals surface area contributed by atoms with E-state index in [0.29, 0.717) is 0 Å². The monoisotopic (exact) mass is 349 g/mol. The molecule has 1 aromatic rings. The highest BCUT2D eigenvalue weighted by atomic mass is 35.6. The van der Waals surface area contributed by atoms with Gasteiger partial charge < -0.3 is 4.74 Å². The minimum atomic E-state index is -1.78. The summed E-state index contributed by atoms with van der Waals surface area (Å²) in [7, 11) is 0. The molecule has 21 heavy (non-hydrogen) atoms. The van der Waals surface area contributed by atoms with Gasteiger partial charge in [0.05, 0.1) is 12.0 Å².